The van der Waals surface area contributed by atoms with Gasteiger partial charge in [-0.15, -0.1) is 0 Å². The number of benzene rings is 1. The molecule has 0 saturated heterocycles. The maximum atomic E-state index is 12.3. The fourth-order valence-electron chi connectivity index (χ4n) is 3.35. The van der Waals surface area contributed by atoms with E-state index in [0.717, 1.165) is 25.7 Å². The highest BCUT2D eigenvalue weighted by molar-refractivity contribution is 6.00. The number of hydrogen-bond acceptors (Lipinski definition) is 5. The molecule has 0 aromatic heterocycles. The molecule has 0 unspecified atom stereocenters. The van der Waals surface area contributed by atoms with E-state index in [1.165, 1.54) is 39.9 Å². The molecule has 5 nitrogen and oxygen atoms in total. The molecule has 0 aliphatic rings. The quantitative estimate of drug-likeness (QED) is 0.399. The van der Waals surface area contributed by atoms with Crippen LogP contribution in [0.2, 0.25) is 0 Å². The minimum absolute atomic E-state index is 0.0658. The summed E-state index contributed by atoms with van der Waals surface area (Å²) in [5.74, 6) is -1.18. The second-order valence-electron chi connectivity index (χ2n) is 6.89. The van der Waals surface area contributed by atoms with Crippen molar-refractivity contribution < 1.29 is 24.2 Å². The minimum Gasteiger partial charge on any atom is -0.507 e. The summed E-state index contributed by atoms with van der Waals surface area (Å²) in [6.45, 7) is 4.15. The fraction of sp³-hybridized carbons (Fsp3) is 0.636. The van der Waals surface area contributed by atoms with Crippen molar-refractivity contribution in [3.63, 3.8) is 0 Å². The predicted octanol–water partition coefficient (Wildman–Crippen LogP) is 5.21. The van der Waals surface area contributed by atoms with Crippen molar-refractivity contribution in [2.24, 2.45) is 0 Å². The lowest BCUT2D eigenvalue weighted by atomic mass is 9.91. The number of carbonyl (C=O) groups excluding carboxylic acids is 2. The molecule has 5 heteroatoms. The lowest BCUT2D eigenvalue weighted by Gasteiger charge is -2.17. The fourth-order valence-corrected chi connectivity index (χ4v) is 3.35. The Bertz CT molecular complexity index is 622. The molecule has 0 aliphatic carbocycles. The summed E-state index contributed by atoms with van der Waals surface area (Å²) < 4.78 is 9.75. The van der Waals surface area contributed by atoms with Crippen LogP contribution in [0.1, 0.15) is 97.1 Å². The number of esters is 2. The van der Waals surface area contributed by atoms with Gasteiger partial charge in [-0.3, -0.25) is 0 Å². The highest BCUT2D eigenvalue weighted by Gasteiger charge is 2.26. The van der Waals surface area contributed by atoms with Gasteiger partial charge in [0.15, 0.2) is 0 Å². The van der Waals surface area contributed by atoms with E-state index in [2.05, 4.69) is 6.92 Å². The van der Waals surface area contributed by atoms with Crippen LogP contribution in [0.5, 0.6) is 5.75 Å². The molecule has 0 saturated carbocycles. The molecular formula is C22H34O5. The monoisotopic (exact) mass is 378 g/mol. The Morgan fingerprint density at radius 1 is 0.852 bits per heavy atom. The Kier molecular flexibility index (Phi) is 10.5. The van der Waals surface area contributed by atoms with Crippen LogP contribution in [0.4, 0.5) is 0 Å². The average Bonchev–Trinajstić information content (AvgIpc) is 2.67. The van der Waals surface area contributed by atoms with Gasteiger partial charge in [0, 0.05) is 0 Å². The molecule has 1 aromatic carbocycles. The number of ether oxygens (including phenoxy) is 2. The van der Waals surface area contributed by atoms with E-state index in [0.29, 0.717) is 29.5 Å². The van der Waals surface area contributed by atoms with Crippen LogP contribution in [0.3, 0.4) is 0 Å². The van der Waals surface area contributed by atoms with Crippen molar-refractivity contribution in [2.75, 3.05) is 14.2 Å². The van der Waals surface area contributed by atoms with E-state index >= 15 is 0 Å². The Labute approximate surface area is 163 Å². The standard InChI is InChI=1S/C22H34O5/c1-5-7-8-9-10-11-12-14-16-15-18(21(24)26-3)17(13-6-2)19(20(16)23)22(25)27-4/h15,23H,5-14H2,1-4H3. The van der Waals surface area contributed by atoms with Gasteiger partial charge in [-0.25, -0.2) is 9.59 Å². The van der Waals surface area contributed by atoms with Gasteiger partial charge in [0.25, 0.3) is 0 Å². The summed E-state index contributed by atoms with van der Waals surface area (Å²) in [4.78, 5) is 24.5. The highest BCUT2D eigenvalue weighted by atomic mass is 16.5. The van der Waals surface area contributed by atoms with Gasteiger partial charge in [0.1, 0.15) is 11.3 Å². The predicted molar refractivity (Wildman–Crippen MR) is 106 cm³/mol. The van der Waals surface area contributed by atoms with Crippen molar-refractivity contribution >= 4 is 11.9 Å². The Hall–Kier alpha value is -2.04. The zero-order valence-electron chi connectivity index (χ0n) is 17.2. The van der Waals surface area contributed by atoms with E-state index < -0.39 is 11.9 Å². The lowest BCUT2D eigenvalue weighted by Crippen LogP contribution is -2.14. The van der Waals surface area contributed by atoms with Crippen molar-refractivity contribution in [1.29, 1.82) is 0 Å². The van der Waals surface area contributed by atoms with E-state index in [4.69, 9.17) is 9.47 Å². The molecule has 152 valence electrons. The zero-order valence-corrected chi connectivity index (χ0v) is 17.2. The van der Waals surface area contributed by atoms with Crippen LogP contribution in [0.15, 0.2) is 6.07 Å². The summed E-state index contributed by atoms with van der Waals surface area (Å²) in [6.07, 6.45) is 9.90. The first-order chi connectivity index (χ1) is 13.0. The van der Waals surface area contributed by atoms with Gasteiger partial charge in [-0.2, -0.15) is 0 Å². The lowest BCUT2D eigenvalue weighted by molar-refractivity contribution is 0.0594. The minimum atomic E-state index is -0.623. The largest absolute Gasteiger partial charge is 0.507 e. The van der Waals surface area contributed by atoms with Crippen molar-refractivity contribution in [2.45, 2.75) is 78.1 Å². The Morgan fingerprint density at radius 3 is 2.00 bits per heavy atom. The molecule has 0 amide bonds. The third-order valence-electron chi connectivity index (χ3n) is 4.83. The number of carbonyl (C=O) groups is 2. The molecule has 0 radical (unpaired) electrons. The molecular weight excluding hydrogens is 344 g/mol. The maximum Gasteiger partial charge on any atom is 0.341 e. The molecule has 1 aromatic rings. The van der Waals surface area contributed by atoms with Gasteiger partial charge >= 0.3 is 11.9 Å². The number of hydrogen-bond donors (Lipinski definition) is 1. The second kappa shape index (κ2) is 12.4. The maximum absolute atomic E-state index is 12.3. The molecule has 0 heterocycles. The molecule has 0 spiro atoms. The Morgan fingerprint density at radius 2 is 1.44 bits per heavy atom. The number of aryl methyl sites for hydroxylation is 1. The number of methoxy groups -OCH3 is 2. The van der Waals surface area contributed by atoms with Crippen molar-refractivity contribution in [1.82, 2.24) is 0 Å². The van der Waals surface area contributed by atoms with Crippen LogP contribution in [-0.4, -0.2) is 31.3 Å². The highest BCUT2D eigenvalue weighted by Crippen LogP contribution is 2.32. The summed E-state index contributed by atoms with van der Waals surface area (Å²) in [5, 5.41) is 10.7. The summed E-state index contributed by atoms with van der Waals surface area (Å²) in [7, 11) is 2.59. The molecule has 1 rings (SSSR count). The van der Waals surface area contributed by atoms with Crippen molar-refractivity contribution in [3.8, 4) is 5.75 Å². The van der Waals surface area contributed by atoms with Gasteiger partial charge in [0.2, 0.25) is 0 Å². The zero-order chi connectivity index (χ0) is 20.2. The second-order valence-corrected chi connectivity index (χ2v) is 6.89. The summed E-state index contributed by atoms with van der Waals surface area (Å²) in [6, 6.07) is 1.68. The van der Waals surface area contributed by atoms with Crippen LogP contribution in [-0.2, 0) is 22.3 Å². The van der Waals surface area contributed by atoms with E-state index in [-0.39, 0.29) is 11.3 Å². The summed E-state index contributed by atoms with van der Waals surface area (Å²) in [5.41, 5.74) is 1.54. The number of unbranched alkanes of at least 4 members (excludes halogenated alkanes) is 6. The molecule has 0 atom stereocenters. The number of phenolic OH excluding ortho intramolecular Hbond substituents is 1. The third kappa shape index (κ3) is 6.56. The van der Waals surface area contributed by atoms with Crippen LogP contribution in [0, 0.1) is 0 Å². The van der Waals surface area contributed by atoms with Crippen LogP contribution >= 0.6 is 0 Å². The number of rotatable bonds is 12. The molecule has 1 N–H and O–H groups in total. The Balaban J connectivity index is 3.06. The molecule has 27 heavy (non-hydrogen) atoms. The number of phenols is 1. The molecule has 0 fully saturated rings. The van der Waals surface area contributed by atoms with Gasteiger partial charge in [-0.05, 0) is 36.5 Å². The first-order valence-electron chi connectivity index (χ1n) is 10.1. The topological polar surface area (TPSA) is 72.8 Å². The normalized spacial score (nSPS) is 10.7. The average molecular weight is 379 g/mol. The van der Waals surface area contributed by atoms with E-state index in [1.54, 1.807) is 6.07 Å². The van der Waals surface area contributed by atoms with Gasteiger partial charge < -0.3 is 14.6 Å². The number of aromatic hydroxyl groups is 1. The molecule has 0 aliphatic heterocycles. The van der Waals surface area contributed by atoms with Gasteiger partial charge in [-0.1, -0.05) is 58.8 Å². The molecule has 0 bridgehead atoms. The first-order valence-corrected chi connectivity index (χ1v) is 10.1. The SMILES string of the molecule is CCCCCCCCCc1cc(C(=O)OC)c(CCC)c(C(=O)OC)c1O. The van der Waals surface area contributed by atoms with Crippen molar-refractivity contribution in [3.05, 3.63) is 28.3 Å². The summed E-state index contributed by atoms with van der Waals surface area (Å²) >= 11 is 0. The van der Waals surface area contributed by atoms with E-state index in [9.17, 15) is 14.7 Å². The van der Waals surface area contributed by atoms with E-state index in [1.807, 2.05) is 6.92 Å². The van der Waals surface area contributed by atoms with Crippen LogP contribution < -0.4 is 0 Å². The third-order valence-corrected chi connectivity index (χ3v) is 4.83. The van der Waals surface area contributed by atoms with Crippen LogP contribution in [0.25, 0.3) is 0 Å². The van der Waals surface area contributed by atoms with Gasteiger partial charge in [0.05, 0.1) is 19.8 Å². The first kappa shape index (κ1) is 23.0. The smallest absolute Gasteiger partial charge is 0.341 e.